The third-order valence-electron chi connectivity index (χ3n) is 4.75. The van der Waals surface area contributed by atoms with Crippen LogP contribution in [0, 0.1) is 23.8 Å². The fourth-order valence-electron chi connectivity index (χ4n) is 3.32. The van der Waals surface area contributed by atoms with E-state index in [2.05, 4.69) is 32.6 Å². The zero-order valence-electron chi connectivity index (χ0n) is 15.9. The number of aromatic amines is 2. The second-order valence-electron chi connectivity index (χ2n) is 6.68. The Morgan fingerprint density at radius 2 is 1.26 bits per heavy atom. The van der Waals surface area contributed by atoms with E-state index in [0.717, 1.165) is 36.5 Å². The molecule has 0 unspecified atom stereocenters. The normalized spacial score (nSPS) is 10.6. The summed E-state index contributed by atoms with van der Waals surface area (Å²) in [4.78, 5) is 26.9. The van der Waals surface area contributed by atoms with E-state index in [1.54, 1.807) is 36.7 Å². The molecule has 9 heteroatoms. The highest BCUT2D eigenvalue weighted by molar-refractivity contribution is 14.1. The molecule has 2 heterocycles. The minimum absolute atomic E-state index is 0.112. The number of rotatable bonds is 3. The lowest BCUT2D eigenvalue weighted by atomic mass is 10.0. The van der Waals surface area contributed by atoms with E-state index in [1.807, 2.05) is 42.5 Å². The lowest BCUT2D eigenvalue weighted by Crippen LogP contribution is -1.89. The van der Waals surface area contributed by atoms with Gasteiger partial charge in [0, 0.05) is 56.6 Å². The number of benzene rings is 3. The van der Waals surface area contributed by atoms with E-state index in [-0.39, 0.29) is 21.2 Å². The maximum Gasteiger partial charge on any atom is 0.271 e. The van der Waals surface area contributed by atoms with Gasteiger partial charge in [-0.05, 0) is 40.3 Å². The highest BCUT2D eigenvalue weighted by atomic mass is 127. The number of hydrogen-bond donors (Lipinski definition) is 2. The van der Waals surface area contributed by atoms with E-state index in [9.17, 15) is 20.2 Å². The van der Waals surface area contributed by atoms with Crippen molar-refractivity contribution in [3.8, 4) is 11.1 Å². The lowest BCUT2D eigenvalue weighted by molar-refractivity contribution is -0.384. The van der Waals surface area contributed by atoms with Crippen molar-refractivity contribution in [2.75, 3.05) is 0 Å². The Morgan fingerprint density at radius 1 is 0.710 bits per heavy atom. The molecule has 0 fully saturated rings. The van der Waals surface area contributed by atoms with Crippen LogP contribution in [0.4, 0.5) is 11.4 Å². The van der Waals surface area contributed by atoms with Crippen LogP contribution in [-0.4, -0.2) is 19.8 Å². The van der Waals surface area contributed by atoms with Gasteiger partial charge in [-0.2, -0.15) is 0 Å². The molecule has 0 amide bonds. The summed E-state index contributed by atoms with van der Waals surface area (Å²) in [6, 6.07) is 19.6. The highest BCUT2D eigenvalue weighted by Crippen LogP contribution is 2.32. The van der Waals surface area contributed by atoms with Crippen LogP contribution in [0.2, 0.25) is 0 Å². The van der Waals surface area contributed by atoms with E-state index in [1.165, 1.54) is 0 Å². The van der Waals surface area contributed by atoms with Crippen LogP contribution in [0.15, 0.2) is 79.1 Å². The first kappa shape index (κ1) is 20.5. The lowest BCUT2D eigenvalue weighted by Gasteiger charge is -2.04. The first-order valence-corrected chi connectivity index (χ1v) is 10.2. The summed E-state index contributed by atoms with van der Waals surface area (Å²) in [7, 11) is 0. The zero-order chi connectivity index (χ0) is 22.0. The molecule has 3 aromatic carbocycles. The van der Waals surface area contributed by atoms with Gasteiger partial charge in [-0.3, -0.25) is 20.2 Å². The number of aromatic nitrogens is 2. The Balaban J connectivity index is 0.000000158. The van der Waals surface area contributed by atoms with Gasteiger partial charge in [-0.1, -0.05) is 30.3 Å². The van der Waals surface area contributed by atoms with Gasteiger partial charge in [0.05, 0.1) is 20.9 Å². The van der Waals surface area contributed by atoms with Crippen molar-refractivity contribution in [2.24, 2.45) is 0 Å². The number of nitrogens with one attached hydrogen (secondary N) is 2. The number of hydrogen-bond acceptors (Lipinski definition) is 4. The van der Waals surface area contributed by atoms with E-state index >= 15 is 0 Å². The van der Waals surface area contributed by atoms with Crippen molar-refractivity contribution in [1.29, 1.82) is 0 Å². The molecule has 31 heavy (non-hydrogen) atoms. The minimum Gasteiger partial charge on any atom is -0.361 e. The Labute approximate surface area is 189 Å². The molecule has 0 radical (unpaired) electrons. The summed E-state index contributed by atoms with van der Waals surface area (Å²) in [5, 5.41) is 23.2. The Morgan fingerprint density at radius 3 is 1.87 bits per heavy atom. The molecule has 0 aliphatic heterocycles. The van der Waals surface area contributed by atoms with Crippen LogP contribution in [0.25, 0.3) is 32.9 Å². The maximum absolute atomic E-state index is 10.9. The van der Waals surface area contributed by atoms with Crippen molar-refractivity contribution < 1.29 is 9.85 Å². The van der Waals surface area contributed by atoms with Gasteiger partial charge in [0.15, 0.2) is 0 Å². The number of nitro benzene ring substituents is 2. The van der Waals surface area contributed by atoms with Gasteiger partial charge in [0.1, 0.15) is 0 Å². The van der Waals surface area contributed by atoms with E-state index in [0.29, 0.717) is 0 Å². The van der Waals surface area contributed by atoms with Crippen LogP contribution in [-0.2, 0) is 0 Å². The first-order valence-electron chi connectivity index (χ1n) is 9.16. The minimum atomic E-state index is -0.380. The number of fused-ring (bicyclic) bond motifs is 2. The molecule has 5 rings (SSSR count). The maximum atomic E-state index is 10.9. The largest absolute Gasteiger partial charge is 0.361 e. The van der Waals surface area contributed by atoms with Crippen LogP contribution in [0.5, 0.6) is 0 Å². The zero-order valence-corrected chi connectivity index (χ0v) is 18.1. The fraction of sp³-hybridized carbons (Fsp3) is 0. The number of H-pyrrole nitrogens is 2. The van der Waals surface area contributed by atoms with Crippen molar-refractivity contribution >= 4 is 55.8 Å². The summed E-state index contributed by atoms with van der Waals surface area (Å²) >= 11 is 2.08. The van der Waals surface area contributed by atoms with Gasteiger partial charge in [-0.15, -0.1) is 0 Å². The molecule has 0 aliphatic rings. The number of nitro groups is 2. The van der Waals surface area contributed by atoms with Crippen molar-refractivity contribution in [1.82, 2.24) is 9.97 Å². The van der Waals surface area contributed by atoms with Crippen LogP contribution < -0.4 is 0 Å². The summed E-state index contributed by atoms with van der Waals surface area (Å²) in [6.45, 7) is 0. The molecule has 0 spiro atoms. The van der Waals surface area contributed by atoms with Gasteiger partial charge in [0.2, 0.25) is 0 Å². The van der Waals surface area contributed by atoms with Gasteiger partial charge in [-0.25, -0.2) is 0 Å². The molecule has 0 aliphatic carbocycles. The quantitative estimate of drug-likeness (QED) is 0.160. The third-order valence-corrected chi connectivity index (χ3v) is 5.60. The Kier molecular flexibility index (Phi) is 5.67. The van der Waals surface area contributed by atoms with Gasteiger partial charge in [0.25, 0.3) is 11.4 Å². The van der Waals surface area contributed by atoms with Crippen molar-refractivity contribution in [2.45, 2.75) is 0 Å². The van der Waals surface area contributed by atoms with Crippen molar-refractivity contribution in [3.05, 3.63) is 103 Å². The standard InChI is InChI=1S/C14H10N2O2.C8H5IN2O2/c17-16(18)12-8-11-6-7-15-14(11)13(9-12)10-4-2-1-3-5-10;9-7-4-6(11(12)13)3-5-1-2-10-8(5)7/h1-9,15H;1-4,10H. The number of nitrogens with zero attached hydrogens (tertiary/aromatic N) is 2. The fourth-order valence-corrected chi connectivity index (χ4v) is 4.11. The molecule has 5 aromatic rings. The second kappa shape index (κ2) is 8.56. The molecule has 0 saturated carbocycles. The summed E-state index contributed by atoms with van der Waals surface area (Å²) in [6.07, 6.45) is 3.57. The van der Waals surface area contributed by atoms with Crippen LogP contribution >= 0.6 is 22.6 Å². The molecular formula is C22H15IN4O4. The summed E-state index contributed by atoms with van der Waals surface area (Å²) in [5.74, 6) is 0. The molecule has 2 aromatic heterocycles. The highest BCUT2D eigenvalue weighted by Gasteiger charge is 2.13. The Bertz CT molecular complexity index is 1410. The van der Waals surface area contributed by atoms with Crippen LogP contribution in [0.3, 0.4) is 0 Å². The predicted molar refractivity (Wildman–Crippen MR) is 128 cm³/mol. The molecule has 2 N–H and O–H groups in total. The average Bonchev–Trinajstić information content (AvgIpc) is 3.43. The molecular weight excluding hydrogens is 511 g/mol. The number of non-ortho nitro benzene ring substituents is 2. The molecule has 154 valence electrons. The average molecular weight is 526 g/mol. The van der Waals surface area contributed by atoms with Crippen molar-refractivity contribution in [3.63, 3.8) is 0 Å². The van der Waals surface area contributed by atoms with E-state index in [4.69, 9.17) is 0 Å². The monoisotopic (exact) mass is 526 g/mol. The van der Waals surface area contributed by atoms with Crippen LogP contribution in [0.1, 0.15) is 0 Å². The Hall–Kier alpha value is -3.73. The number of halogens is 1. The summed E-state index contributed by atoms with van der Waals surface area (Å²) < 4.78 is 0.867. The molecule has 0 bridgehead atoms. The molecule has 8 nitrogen and oxygen atoms in total. The predicted octanol–water partition coefficient (Wildman–Crippen LogP) is 6.42. The summed E-state index contributed by atoms with van der Waals surface area (Å²) in [5.41, 5.74) is 3.94. The van der Waals surface area contributed by atoms with Gasteiger partial charge >= 0.3 is 0 Å². The molecule has 0 atom stereocenters. The SMILES string of the molecule is O=[N+]([O-])c1cc(-c2ccccc2)c2[nH]ccc2c1.O=[N+]([O-])c1cc(I)c2[nH]ccc2c1. The second-order valence-corrected chi connectivity index (χ2v) is 7.85. The smallest absolute Gasteiger partial charge is 0.271 e. The van der Waals surface area contributed by atoms with E-state index < -0.39 is 0 Å². The van der Waals surface area contributed by atoms with Gasteiger partial charge < -0.3 is 9.97 Å². The first-order chi connectivity index (χ1) is 14.9. The topological polar surface area (TPSA) is 118 Å². The third kappa shape index (κ3) is 4.26. The molecule has 0 saturated heterocycles.